The fourth-order valence-corrected chi connectivity index (χ4v) is 4.40. The third-order valence-corrected chi connectivity index (χ3v) is 5.47. The van der Waals surface area contributed by atoms with Gasteiger partial charge in [-0.25, -0.2) is 4.98 Å². The summed E-state index contributed by atoms with van der Waals surface area (Å²) in [6.45, 7) is 1.06. The number of thioether (sulfide) groups is 1. The van der Waals surface area contributed by atoms with Crippen LogP contribution in [-0.4, -0.2) is 21.1 Å². The molecule has 3 rings (SSSR count). The molecule has 5 heteroatoms. The predicted molar refractivity (Wildman–Crippen MR) is 87.0 cm³/mol. The van der Waals surface area contributed by atoms with E-state index >= 15 is 0 Å². The minimum absolute atomic E-state index is 0.480. The topological polar surface area (TPSA) is 17.8 Å². The van der Waals surface area contributed by atoms with E-state index < -0.39 is 0 Å². The summed E-state index contributed by atoms with van der Waals surface area (Å²) in [5.74, 6) is 4.82. The number of halogens is 2. The first-order valence-corrected chi connectivity index (χ1v) is 9.04. The number of rotatable bonds is 3. The highest BCUT2D eigenvalue weighted by atomic mass is 79.9. The van der Waals surface area contributed by atoms with E-state index in [0.717, 1.165) is 28.3 Å². The summed E-state index contributed by atoms with van der Waals surface area (Å²) in [5, 5.41) is 0. The number of alkyl halides is 1. The third-order valence-electron chi connectivity index (χ3n) is 3.69. The predicted octanol–water partition coefficient (Wildman–Crippen LogP) is 4.68. The Hall–Kier alpha value is -0.190. The van der Waals surface area contributed by atoms with Gasteiger partial charge < -0.3 is 4.57 Å². The maximum atomic E-state index is 6.06. The number of aromatic nitrogens is 2. The zero-order chi connectivity index (χ0) is 13.2. The fraction of sp³-hybridized carbons (Fsp3) is 0.500. The second-order valence-electron chi connectivity index (χ2n) is 4.96. The highest BCUT2D eigenvalue weighted by molar-refractivity contribution is 9.10. The summed E-state index contributed by atoms with van der Waals surface area (Å²) in [5.41, 5.74) is 2.24. The van der Waals surface area contributed by atoms with Crippen LogP contribution in [0, 0.1) is 5.92 Å². The van der Waals surface area contributed by atoms with E-state index in [1.165, 1.54) is 29.9 Å². The van der Waals surface area contributed by atoms with Crippen molar-refractivity contribution in [1.29, 1.82) is 0 Å². The Kier molecular flexibility index (Phi) is 4.40. The van der Waals surface area contributed by atoms with E-state index in [0.29, 0.717) is 5.88 Å². The molecule has 1 aliphatic heterocycles. The zero-order valence-corrected chi connectivity index (χ0v) is 13.8. The van der Waals surface area contributed by atoms with Crippen LogP contribution in [0.5, 0.6) is 0 Å². The van der Waals surface area contributed by atoms with E-state index in [2.05, 4.69) is 55.4 Å². The first-order valence-electron chi connectivity index (χ1n) is 6.56. The van der Waals surface area contributed by atoms with Crippen LogP contribution in [0.25, 0.3) is 11.0 Å². The second kappa shape index (κ2) is 6.06. The maximum Gasteiger partial charge on any atom is 0.124 e. The van der Waals surface area contributed by atoms with Crippen molar-refractivity contribution in [3.63, 3.8) is 0 Å². The molecular weight excluding hydrogens is 344 g/mol. The number of nitrogens with zero attached hydrogens (tertiary/aromatic N) is 2. The third kappa shape index (κ3) is 2.96. The Balaban J connectivity index is 1.95. The van der Waals surface area contributed by atoms with E-state index in [1.807, 2.05) is 0 Å². The largest absolute Gasteiger partial charge is 0.327 e. The SMILES string of the molecule is ClCc1nc2cc(Br)ccc2n1CC1CCSCC1. The van der Waals surface area contributed by atoms with E-state index in [-0.39, 0.29) is 0 Å². The molecular formula is C14H16BrClN2S. The molecule has 0 N–H and O–H groups in total. The van der Waals surface area contributed by atoms with Crippen molar-refractivity contribution in [3.8, 4) is 0 Å². The molecule has 2 nitrogen and oxygen atoms in total. The molecule has 1 fully saturated rings. The molecule has 102 valence electrons. The first-order chi connectivity index (χ1) is 9.28. The summed E-state index contributed by atoms with van der Waals surface area (Å²) in [6.07, 6.45) is 2.62. The normalized spacial score (nSPS) is 17.2. The van der Waals surface area contributed by atoms with Gasteiger partial charge in [-0.05, 0) is 48.5 Å². The summed E-state index contributed by atoms with van der Waals surface area (Å²) >= 11 is 11.6. The quantitative estimate of drug-likeness (QED) is 0.740. The number of benzene rings is 1. The van der Waals surface area contributed by atoms with Crippen molar-refractivity contribution in [1.82, 2.24) is 9.55 Å². The van der Waals surface area contributed by atoms with Crippen molar-refractivity contribution in [3.05, 3.63) is 28.5 Å². The number of hydrogen-bond acceptors (Lipinski definition) is 2. The number of fused-ring (bicyclic) bond motifs is 1. The highest BCUT2D eigenvalue weighted by Crippen LogP contribution is 2.28. The minimum Gasteiger partial charge on any atom is -0.327 e. The Morgan fingerprint density at radius 1 is 1.37 bits per heavy atom. The van der Waals surface area contributed by atoms with Crippen molar-refractivity contribution in [2.75, 3.05) is 11.5 Å². The Morgan fingerprint density at radius 2 is 2.16 bits per heavy atom. The lowest BCUT2D eigenvalue weighted by Gasteiger charge is -2.22. The van der Waals surface area contributed by atoms with Crippen LogP contribution in [0.1, 0.15) is 18.7 Å². The molecule has 0 spiro atoms. The van der Waals surface area contributed by atoms with Gasteiger partial charge in [0.25, 0.3) is 0 Å². The molecule has 0 atom stereocenters. The van der Waals surface area contributed by atoms with Crippen LogP contribution >= 0.6 is 39.3 Å². The molecule has 1 saturated heterocycles. The second-order valence-corrected chi connectivity index (χ2v) is 7.37. The molecule has 2 heterocycles. The zero-order valence-electron chi connectivity index (χ0n) is 10.6. The molecule has 2 aromatic rings. The van der Waals surface area contributed by atoms with Gasteiger partial charge in [-0.1, -0.05) is 15.9 Å². The molecule has 0 saturated carbocycles. The van der Waals surface area contributed by atoms with Gasteiger partial charge in [0.2, 0.25) is 0 Å². The molecule has 1 aromatic heterocycles. The maximum absolute atomic E-state index is 6.06. The van der Waals surface area contributed by atoms with Crippen molar-refractivity contribution in [2.45, 2.75) is 25.3 Å². The smallest absolute Gasteiger partial charge is 0.124 e. The molecule has 0 amide bonds. The molecule has 19 heavy (non-hydrogen) atoms. The average Bonchev–Trinajstić information content (AvgIpc) is 2.77. The van der Waals surface area contributed by atoms with Crippen LogP contribution in [0.4, 0.5) is 0 Å². The van der Waals surface area contributed by atoms with Gasteiger partial charge in [-0.3, -0.25) is 0 Å². The summed E-state index contributed by atoms with van der Waals surface area (Å²) in [6, 6.07) is 6.29. The van der Waals surface area contributed by atoms with Crippen LogP contribution in [0.15, 0.2) is 22.7 Å². The molecule has 1 aromatic carbocycles. The Bertz CT molecular complexity index is 578. The lowest BCUT2D eigenvalue weighted by atomic mass is 10.0. The van der Waals surface area contributed by atoms with E-state index in [1.54, 1.807) is 0 Å². The average molecular weight is 360 g/mol. The first kappa shape index (κ1) is 13.8. The lowest BCUT2D eigenvalue weighted by molar-refractivity contribution is 0.417. The summed E-state index contributed by atoms with van der Waals surface area (Å²) in [4.78, 5) is 4.65. The van der Waals surface area contributed by atoms with Gasteiger partial charge in [0.15, 0.2) is 0 Å². The Labute approximate surface area is 131 Å². The van der Waals surface area contributed by atoms with Crippen LogP contribution in [0.2, 0.25) is 0 Å². The van der Waals surface area contributed by atoms with Gasteiger partial charge in [0, 0.05) is 11.0 Å². The van der Waals surface area contributed by atoms with Gasteiger partial charge in [0.1, 0.15) is 5.82 Å². The molecule has 0 bridgehead atoms. The van der Waals surface area contributed by atoms with Crippen LogP contribution in [-0.2, 0) is 12.4 Å². The van der Waals surface area contributed by atoms with Gasteiger partial charge in [-0.2, -0.15) is 11.8 Å². The Morgan fingerprint density at radius 3 is 2.89 bits per heavy atom. The molecule has 0 radical (unpaired) electrons. The van der Waals surface area contributed by atoms with Crippen molar-refractivity contribution < 1.29 is 0 Å². The molecule has 1 aliphatic rings. The van der Waals surface area contributed by atoms with Crippen molar-refractivity contribution in [2.24, 2.45) is 5.92 Å². The number of imidazole rings is 1. The highest BCUT2D eigenvalue weighted by Gasteiger charge is 2.18. The number of hydrogen-bond donors (Lipinski definition) is 0. The fourth-order valence-electron chi connectivity index (χ4n) is 2.65. The summed E-state index contributed by atoms with van der Waals surface area (Å²) < 4.78 is 3.38. The standard InChI is InChI=1S/C14H16BrClN2S/c15-11-1-2-13-12(7-11)17-14(8-16)18(13)9-10-3-5-19-6-4-10/h1-2,7,10H,3-6,8-9H2. The molecule has 0 aliphatic carbocycles. The van der Waals surface area contributed by atoms with E-state index in [9.17, 15) is 0 Å². The van der Waals surface area contributed by atoms with Gasteiger partial charge >= 0.3 is 0 Å². The minimum atomic E-state index is 0.480. The van der Waals surface area contributed by atoms with Gasteiger partial charge in [0.05, 0.1) is 16.9 Å². The summed E-state index contributed by atoms with van der Waals surface area (Å²) in [7, 11) is 0. The van der Waals surface area contributed by atoms with Crippen LogP contribution in [0.3, 0.4) is 0 Å². The van der Waals surface area contributed by atoms with Gasteiger partial charge in [-0.15, -0.1) is 11.6 Å². The van der Waals surface area contributed by atoms with Crippen molar-refractivity contribution >= 4 is 50.3 Å². The lowest BCUT2D eigenvalue weighted by Crippen LogP contribution is -2.17. The monoisotopic (exact) mass is 358 g/mol. The van der Waals surface area contributed by atoms with Crippen LogP contribution < -0.4 is 0 Å². The molecule has 0 unspecified atom stereocenters. The van der Waals surface area contributed by atoms with E-state index in [4.69, 9.17) is 11.6 Å².